The number of aryl methyl sites for hydroxylation is 2. The molecule has 0 aliphatic rings. The molecule has 2 aromatic heterocycles. The van der Waals surface area contributed by atoms with Gasteiger partial charge in [-0.15, -0.1) is 0 Å². The van der Waals surface area contributed by atoms with E-state index in [1.165, 1.54) is 17.1 Å². The number of carbonyl (C=O) groups is 1. The average molecular weight is 266 g/mol. The van der Waals surface area contributed by atoms with Gasteiger partial charge in [-0.3, -0.25) is 9.48 Å². The van der Waals surface area contributed by atoms with Gasteiger partial charge in [-0.05, 0) is 18.6 Å². The Labute approximate surface area is 109 Å². The summed E-state index contributed by atoms with van der Waals surface area (Å²) in [6.45, 7) is 1.81. The average Bonchev–Trinajstić information content (AvgIpc) is 2.64. The lowest BCUT2D eigenvalue weighted by Gasteiger charge is -2.07. The summed E-state index contributed by atoms with van der Waals surface area (Å²) in [5.41, 5.74) is 7.65. The lowest BCUT2D eigenvalue weighted by Crippen LogP contribution is -2.17. The standard InChI is InChI=1S/C11H12ClN5O/c1-6-3-7(4-14-10(6)12)16-11(18)9-8(13)5-15-17(9)2/h3-5H,13H2,1-2H3,(H,16,18). The molecule has 0 bridgehead atoms. The Morgan fingerprint density at radius 2 is 2.22 bits per heavy atom. The molecule has 0 aliphatic heterocycles. The topological polar surface area (TPSA) is 85.8 Å². The first-order valence-corrected chi connectivity index (χ1v) is 5.58. The molecule has 2 heterocycles. The summed E-state index contributed by atoms with van der Waals surface area (Å²) in [7, 11) is 1.65. The highest BCUT2D eigenvalue weighted by molar-refractivity contribution is 6.30. The summed E-state index contributed by atoms with van der Waals surface area (Å²) in [6, 6.07) is 1.74. The van der Waals surface area contributed by atoms with E-state index in [9.17, 15) is 4.79 Å². The quantitative estimate of drug-likeness (QED) is 0.808. The molecule has 0 atom stereocenters. The second kappa shape index (κ2) is 4.66. The second-order valence-electron chi connectivity index (χ2n) is 3.86. The van der Waals surface area contributed by atoms with E-state index in [1.807, 2.05) is 6.92 Å². The molecule has 0 spiro atoms. The van der Waals surface area contributed by atoms with Crippen LogP contribution in [-0.4, -0.2) is 20.7 Å². The van der Waals surface area contributed by atoms with Crippen molar-refractivity contribution in [3.8, 4) is 0 Å². The van der Waals surface area contributed by atoms with Crippen molar-refractivity contribution in [1.82, 2.24) is 14.8 Å². The summed E-state index contributed by atoms with van der Waals surface area (Å²) >= 11 is 5.81. The number of aromatic nitrogens is 3. The van der Waals surface area contributed by atoms with Crippen LogP contribution in [0.4, 0.5) is 11.4 Å². The van der Waals surface area contributed by atoms with E-state index in [0.717, 1.165) is 5.56 Å². The van der Waals surface area contributed by atoms with Crippen LogP contribution < -0.4 is 11.1 Å². The van der Waals surface area contributed by atoms with Crippen molar-refractivity contribution >= 4 is 28.9 Å². The second-order valence-corrected chi connectivity index (χ2v) is 4.22. The van der Waals surface area contributed by atoms with Gasteiger partial charge in [0.15, 0.2) is 0 Å². The highest BCUT2D eigenvalue weighted by atomic mass is 35.5. The maximum atomic E-state index is 12.0. The van der Waals surface area contributed by atoms with Gasteiger partial charge in [0.05, 0.1) is 23.8 Å². The minimum absolute atomic E-state index is 0.308. The number of halogens is 1. The van der Waals surface area contributed by atoms with Crippen molar-refractivity contribution in [2.45, 2.75) is 6.92 Å². The predicted octanol–water partition coefficient (Wildman–Crippen LogP) is 1.61. The maximum Gasteiger partial charge on any atom is 0.276 e. The number of pyridine rings is 1. The fourth-order valence-electron chi connectivity index (χ4n) is 1.55. The molecule has 0 aromatic carbocycles. The van der Waals surface area contributed by atoms with Gasteiger partial charge in [-0.25, -0.2) is 4.98 Å². The molecule has 0 fully saturated rings. The van der Waals surface area contributed by atoms with E-state index in [1.54, 1.807) is 13.1 Å². The highest BCUT2D eigenvalue weighted by Gasteiger charge is 2.15. The van der Waals surface area contributed by atoms with Gasteiger partial charge in [0.25, 0.3) is 5.91 Å². The van der Waals surface area contributed by atoms with Crippen molar-refractivity contribution in [3.05, 3.63) is 34.9 Å². The van der Waals surface area contributed by atoms with Gasteiger partial charge in [-0.1, -0.05) is 11.6 Å². The van der Waals surface area contributed by atoms with Crippen molar-refractivity contribution in [2.75, 3.05) is 11.1 Å². The van der Waals surface area contributed by atoms with Gasteiger partial charge < -0.3 is 11.1 Å². The van der Waals surface area contributed by atoms with Crippen LogP contribution in [-0.2, 0) is 7.05 Å². The number of rotatable bonds is 2. The van der Waals surface area contributed by atoms with Gasteiger partial charge in [0, 0.05) is 7.05 Å². The van der Waals surface area contributed by atoms with Gasteiger partial charge in [0.2, 0.25) is 0 Å². The lowest BCUT2D eigenvalue weighted by molar-refractivity contribution is 0.101. The third kappa shape index (κ3) is 2.28. The zero-order valence-electron chi connectivity index (χ0n) is 9.94. The highest BCUT2D eigenvalue weighted by Crippen LogP contribution is 2.18. The molecule has 7 heteroatoms. The number of nitrogens with two attached hydrogens (primary N) is 1. The molecule has 3 N–H and O–H groups in total. The number of anilines is 2. The number of nitrogen functional groups attached to an aromatic ring is 1. The number of hydrogen-bond donors (Lipinski definition) is 2. The predicted molar refractivity (Wildman–Crippen MR) is 69.6 cm³/mol. The molecule has 94 valence electrons. The van der Waals surface area contributed by atoms with E-state index in [0.29, 0.717) is 22.2 Å². The summed E-state index contributed by atoms with van der Waals surface area (Å²) in [6.07, 6.45) is 2.92. The van der Waals surface area contributed by atoms with Crippen LogP contribution in [0, 0.1) is 6.92 Å². The van der Waals surface area contributed by atoms with E-state index in [4.69, 9.17) is 17.3 Å². The van der Waals surface area contributed by atoms with Crippen LogP contribution in [0.2, 0.25) is 5.15 Å². The normalized spacial score (nSPS) is 10.4. The van der Waals surface area contributed by atoms with Crippen molar-refractivity contribution in [1.29, 1.82) is 0 Å². The Bertz CT molecular complexity index is 588. The molecule has 0 unspecified atom stereocenters. The van der Waals surface area contributed by atoms with E-state index in [-0.39, 0.29) is 5.91 Å². The molecule has 0 aliphatic carbocycles. The first-order valence-electron chi connectivity index (χ1n) is 5.20. The van der Waals surface area contributed by atoms with Gasteiger partial charge in [0.1, 0.15) is 10.8 Å². The van der Waals surface area contributed by atoms with Crippen LogP contribution in [0.15, 0.2) is 18.5 Å². The van der Waals surface area contributed by atoms with Crippen LogP contribution >= 0.6 is 11.6 Å². The summed E-state index contributed by atoms with van der Waals surface area (Å²) < 4.78 is 1.42. The Balaban J connectivity index is 2.24. The maximum absolute atomic E-state index is 12.0. The molecule has 2 aromatic rings. The largest absolute Gasteiger partial charge is 0.396 e. The van der Waals surface area contributed by atoms with Crippen LogP contribution in [0.5, 0.6) is 0 Å². The third-order valence-corrected chi connectivity index (χ3v) is 2.85. The number of hydrogen-bond acceptors (Lipinski definition) is 4. The van der Waals surface area contributed by atoms with Gasteiger partial charge in [-0.2, -0.15) is 5.10 Å². The summed E-state index contributed by atoms with van der Waals surface area (Å²) in [5, 5.41) is 7.01. The molecule has 0 radical (unpaired) electrons. The van der Waals surface area contributed by atoms with Crippen LogP contribution in [0.25, 0.3) is 0 Å². The fraction of sp³-hybridized carbons (Fsp3) is 0.182. The minimum atomic E-state index is -0.337. The van der Waals surface area contributed by atoms with Crippen LogP contribution in [0.1, 0.15) is 16.1 Å². The van der Waals surface area contributed by atoms with Gasteiger partial charge >= 0.3 is 0 Å². The van der Waals surface area contributed by atoms with Crippen molar-refractivity contribution in [2.24, 2.45) is 7.05 Å². The number of nitrogens with zero attached hydrogens (tertiary/aromatic N) is 3. The fourth-order valence-corrected chi connectivity index (χ4v) is 1.65. The van der Waals surface area contributed by atoms with E-state index in [2.05, 4.69) is 15.4 Å². The van der Waals surface area contributed by atoms with Crippen molar-refractivity contribution < 1.29 is 4.79 Å². The summed E-state index contributed by atoms with van der Waals surface area (Å²) in [5.74, 6) is -0.337. The first-order chi connectivity index (χ1) is 8.49. The Morgan fingerprint density at radius 1 is 1.50 bits per heavy atom. The molecule has 18 heavy (non-hydrogen) atoms. The Kier molecular flexibility index (Phi) is 3.20. The number of carbonyl (C=O) groups excluding carboxylic acids is 1. The van der Waals surface area contributed by atoms with E-state index >= 15 is 0 Å². The number of nitrogens with one attached hydrogen (secondary N) is 1. The molecule has 0 saturated heterocycles. The summed E-state index contributed by atoms with van der Waals surface area (Å²) in [4.78, 5) is 16.0. The zero-order valence-corrected chi connectivity index (χ0v) is 10.7. The molecule has 0 saturated carbocycles. The first kappa shape index (κ1) is 12.4. The minimum Gasteiger partial charge on any atom is -0.396 e. The molecule has 2 rings (SSSR count). The molecule has 6 nitrogen and oxygen atoms in total. The molecular weight excluding hydrogens is 254 g/mol. The third-order valence-electron chi connectivity index (χ3n) is 2.45. The van der Waals surface area contributed by atoms with E-state index < -0.39 is 0 Å². The smallest absolute Gasteiger partial charge is 0.276 e. The SMILES string of the molecule is Cc1cc(NC(=O)c2c(N)cnn2C)cnc1Cl. The zero-order chi connectivity index (χ0) is 13.3. The lowest BCUT2D eigenvalue weighted by atomic mass is 10.3. The monoisotopic (exact) mass is 265 g/mol. The Hall–Kier alpha value is -2.08. The van der Waals surface area contributed by atoms with Crippen molar-refractivity contribution in [3.63, 3.8) is 0 Å². The number of amides is 1. The molecule has 1 amide bonds. The van der Waals surface area contributed by atoms with Crippen LogP contribution in [0.3, 0.4) is 0 Å². The Morgan fingerprint density at radius 3 is 2.78 bits per heavy atom. The molecular formula is C11H12ClN5O.